The second kappa shape index (κ2) is 5.20. The van der Waals surface area contributed by atoms with Gasteiger partial charge in [-0.3, -0.25) is 0 Å². The van der Waals surface area contributed by atoms with E-state index in [-0.39, 0.29) is 0 Å². The van der Waals surface area contributed by atoms with Crippen molar-refractivity contribution in [3.05, 3.63) is 44.7 Å². The molecule has 0 saturated carbocycles. The van der Waals surface area contributed by atoms with Gasteiger partial charge in [-0.05, 0) is 41.1 Å². The lowest BCUT2D eigenvalue weighted by Crippen LogP contribution is -2.05. The normalized spacial score (nSPS) is 11.0. The zero-order valence-electron chi connectivity index (χ0n) is 10.2. The Bertz CT molecular complexity index is 802. The molecule has 0 bridgehead atoms. The molecule has 0 unspecified atom stereocenters. The van der Waals surface area contributed by atoms with Crippen molar-refractivity contribution in [2.45, 2.75) is 6.92 Å². The van der Waals surface area contributed by atoms with Gasteiger partial charge in [0.1, 0.15) is 17.3 Å². The van der Waals surface area contributed by atoms with Crippen molar-refractivity contribution in [3.63, 3.8) is 0 Å². The Balaban J connectivity index is 2.17. The molecule has 3 rings (SSSR count). The predicted octanol–water partition coefficient (Wildman–Crippen LogP) is 4.25. The fourth-order valence-corrected chi connectivity index (χ4v) is 2.45. The Kier molecular flexibility index (Phi) is 3.54. The Morgan fingerprint density at radius 3 is 2.90 bits per heavy atom. The van der Waals surface area contributed by atoms with Gasteiger partial charge >= 0.3 is 0 Å². The van der Waals surface area contributed by atoms with Crippen LogP contribution in [0.5, 0.6) is 0 Å². The number of aromatic nitrogens is 4. The van der Waals surface area contributed by atoms with Crippen LogP contribution in [0, 0.1) is 6.92 Å². The number of hydrogen-bond acceptors (Lipinski definition) is 4. The monoisotopic (exact) mass is 371 g/mol. The van der Waals surface area contributed by atoms with E-state index in [1.165, 1.54) is 6.33 Å². The van der Waals surface area contributed by atoms with Gasteiger partial charge in [-0.25, -0.2) is 0 Å². The van der Waals surface area contributed by atoms with E-state index in [1.807, 2.05) is 19.1 Å². The second-order valence-electron chi connectivity index (χ2n) is 4.10. The summed E-state index contributed by atoms with van der Waals surface area (Å²) in [5, 5.41) is 8.41. The highest BCUT2D eigenvalue weighted by Gasteiger charge is 2.13. The average molecular weight is 373 g/mol. The Labute approximate surface area is 133 Å². The lowest BCUT2D eigenvalue weighted by Gasteiger charge is -2.13. The smallest absolute Gasteiger partial charge is 0.255 e. The van der Waals surface area contributed by atoms with Gasteiger partial charge in [-0.1, -0.05) is 23.2 Å². The van der Waals surface area contributed by atoms with Crippen LogP contribution in [0.4, 0.5) is 11.5 Å². The maximum atomic E-state index is 6.12. The lowest BCUT2D eigenvalue weighted by atomic mass is 10.3. The van der Waals surface area contributed by atoms with Gasteiger partial charge in [0.25, 0.3) is 5.78 Å². The highest BCUT2D eigenvalue weighted by molar-refractivity contribution is 9.10. The first kappa shape index (κ1) is 13.6. The summed E-state index contributed by atoms with van der Waals surface area (Å²) >= 11 is 15.6. The summed E-state index contributed by atoms with van der Waals surface area (Å²) in [4.78, 5) is 8.20. The van der Waals surface area contributed by atoms with Crippen LogP contribution < -0.4 is 5.32 Å². The van der Waals surface area contributed by atoms with Crippen LogP contribution in [-0.4, -0.2) is 19.6 Å². The summed E-state index contributed by atoms with van der Waals surface area (Å²) in [7, 11) is 0. The van der Waals surface area contributed by atoms with Crippen molar-refractivity contribution < 1.29 is 0 Å². The number of halogens is 3. The molecule has 102 valence electrons. The van der Waals surface area contributed by atoms with Crippen LogP contribution in [0.1, 0.15) is 5.56 Å². The molecule has 0 fully saturated rings. The van der Waals surface area contributed by atoms with Gasteiger partial charge in [-0.2, -0.15) is 19.6 Å². The third-order valence-electron chi connectivity index (χ3n) is 2.79. The maximum Gasteiger partial charge on any atom is 0.255 e. The minimum atomic E-state index is 0.381. The van der Waals surface area contributed by atoms with E-state index in [2.05, 4.69) is 36.3 Å². The molecule has 0 amide bonds. The molecule has 1 aromatic carbocycles. The average Bonchev–Trinajstić information content (AvgIpc) is 2.86. The topological polar surface area (TPSA) is 55.1 Å². The molecule has 0 spiro atoms. The number of hydrogen-bond donors (Lipinski definition) is 1. The number of benzene rings is 1. The summed E-state index contributed by atoms with van der Waals surface area (Å²) < 4.78 is 2.47. The number of anilines is 2. The van der Waals surface area contributed by atoms with Gasteiger partial charge < -0.3 is 5.32 Å². The van der Waals surface area contributed by atoms with Gasteiger partial charge in [-0.15, -0.1) is 0 Å². The minimum Gasteiger partial charge on any atom is -0.339 e. The van der Waals surface area contributed by atoms with E-state index in [4.69, 9.17) is 23.2 Å². The van der Waals surface area contributed by atoms with Crippen LogP contribution in [-0.2, 0) is 0 Å². The third kappa shape index (κ3) is 2.34. The molecule has 2 heterocycles. The zero-order valence-corrected chi connectivity index (χ0v) is 13.3. The molecule has 0 aliphatic rings. The molecule has 0 aliphatic carbocycles. The van der Waals surface area contributed by atoms with Gasteiger partial charge in [0.15, 0.2) is 0 Å². The molecule has 20 heavy (non-hydrogen) atoms. The number of rotatable bonds is 2. The largest absolute Gasteiger partial charge is 0.339 e. The summed E-state index contributed by atoms with van der Waals surface area (Å²) in [5.41, 5.74) is 1.58. The van der Waals surface area contributed by atoms with Gasteiger partial charge in [0.2, 0.25) is 0 Å². The molecular formula is C12H8BrCl2N5. The Morgan fingerprint density at radius 2 is 2.10 bits per heavy atom. The number of fused-ring (bicyclic) bond motifs is 1. The maximum absolute atomic E-state index is 6.12. The molecule has 1 N–H and O–H groups in total. The van der Waals surface area contributed by atoms with E-state index >= 15 is 0 Å². The molecule has 3 aromatic rings. The van der Waals surface area contributed by atoms with Crippen molar-refractivity contribution in [3.8, 4) is 0 Å². The Morgan fingerprint density at radius 1 is 1.30 bits per heavy atom. The quantitative estimate of drug-likeness (QED) is 0.683. The minimum absolute atomic E-state index is 0.381. The fraction of sp³-hybridized carbons (Fsp3) is 0.0833. The van der Waals surface area contributed by atoms with Crippen molar-refractivity contribution in [2.75, 3.05) is 5.32 Å². The highest BCUT2D eigenvalue weighted by Crippen LogP contribution is 2.31. The standard InChI is InChI=1S/C12H8BrCl2N5/c1-6-10(15)19-12-16-5-17-20(12)11(6)18-9-4-7(14)2-3-8(9)13/h2-5,18H,1H3. The molecule has 2 aromatic heterocycles. The summed E-state index contributed by atoms with van der Waals surface area (Å²) in [5.74, 6) is 1.13. The SMILES string of the molecule is Cc1c(Cl)nc2ncnn2c1Nc1cc(Cl)ccc1Br. The second-order valence-corrected chi connectivity index (χ2v) is 5.75. The van der Waals surface area contributed by atoms with Crippen molar-refractivity contribution in [2.24, 2.45) is 0 Å². The molecular weight excluding hydrogens is 365 g/mol. The molecule has 0 atom stereocenters. The van der Waals surface area contributed by atoms with Crippen LogP contribution in [0.3, 0.4) is 0 Å². The lowest BCUT2D eigenvalue weighted by molar-refractivity contribution is 0.936. The molecule has 0 saturated heterocycles. The number of nitrogens with one attached hydrogen (secondary N) is 1. The summed E-state index contributed by atoms with van der Waals surface area (Å²) in [6.07, 6.45) is 1.43. The Hall–Kier alpha value is -1.37. The van der Waals surface area contributed by atoms with Crippen molar-refractivity contribution >= 4 is 56.4 Å². The predicted molar refractivity (Wildman–Crippen MR) is 83.0 cm³/mol. The van der Waals surface area contributed by atoms with Crippen LogP contribution in [0.2, 0.25) is 10.2 Å². The van der Waals surface area contributed by atoms with Crippen molar-refractivity contribution in [1.82, 2.24) is 19.6 Å². The van der Waals surface area contributed by atoms with E-state index in [1.54, 1.807) is 10.6 Å². The summed E-state index contributed by atoms with van der Waals surface area (Å²) in [6, 6.07) is 5.47. The van der Waals surface area contributed by atoms with Crippen LogP contribution in [0.15, 0.2) is 29.0 Å². The zero-order chi connectivity index (χ0) is 14.3. The first-order valence-electron chi connectivity index (χ1n) is 5.64. The molecule has 0 radical (unpaired) electrons. The van der Waals surface area contributed by atoms with E-state index in [0.29, 0.717) is 21.8 Å². The third-order valence-corrected chi connectivity index (χ3v) is 4.08. The van der Waals surface area contributed by atoms with Crippen molar-refractivity contribution in [1.29, 1.82) is 0 Å². The van der Waals surface area contributed by atoms with Crippen LogP contribution >= 0.6 is 39.1 Å². The molecule has 5 nitrogen and oxygen atoms in total. The highest BCUT2D eigenvalue weighted by atomic mass is 79.9. The molecule has 0 aliphatic heterocycles. The number of nitrogens with zero attached hydrogens (tertiary/aromatic N) is 4. The van der Waals surface area contributed by atoms with Gasteiger partial charge in [0, 0.05) is 15.1 Å². The van der Waals surface area contributed by atoms with E-state index in [9.17, 15) is 0 Å². The first-order chi connectivity index (χ1) is 9.56. The van der Waals surface area contributed by atoms with E-state index in [0.717, 1.165) is 15.7 Å². The van der Waals surface area contributed by atoms with Gasteiger partial charge in [0.05, 0.1) is 5.69 Å². The van der Waals surface area contributed by atoms with E-state index < -0.39 is 0 Å². The first-order valence-corrected chi connectivity index (χ1v) is 7.19. The summed E-state index contributed by atoms with van der Waals surface area (Å²) in [6.45, 7) is 1.86. The molecule has 8 heteroatoms. The fourth-order valence-electron chi connectivity index (χ4n) is 1.77. The van der Waals surface area contributed by atoms with Crippen LogP contribution in [0.25, 0.3) is 5.78 Å².